The summed E-state index contributed by atoms with van der Waals surface area (Å²) in [5.41, 5.74) is 5.04. The molecule has 1 aliphatic heterocycles. The Hall–Kier alpha value is -3.05. The van der Waals surface area contributed by atoms with Crippen molar-refractivity contribution >= 4 is 35.0 Å². The van der Waals surface area contributed by atoms with Crippen LogP contribution in [0.5, 0.6) is 0 Å². The number of fused-ring (bicyclic) bond motifs is 1. The number of rotatable bonds is 3. The summed E-state index contributed by atoms with van der Waals surface area (Å²) in [7, 11) is 0. The molecule has 0 fully saturated rings. The van der Waals surface area contributed by atoms with Gasteiger partial charge in [0.2, 0.25) is 0 Å². The van der Waals surface area contributed by atoms with Crippen molar-refractivity contribution in [3.05, 3.63) is 89.0 Å². The summed E-state index contributed by atoms with van der Waals surface area (Å²) in [5, 5.41) is 2.91. The molecule has 0 radical (unpaired) electrons. The third-order valence-corrected chi connectivity index (χ3v) is 6.59. The van der Waals surface area contributed by atoms with E-state index in [-0.39, 0.29) is 11.8 Å². The Morgan fingerprint density at radius 3 is 2.40 bits per heavy atom. The summed E-state index contributed by atoms with van der Waals surface area (Å²) in [5.74, 6) is 0.841. The van der Waals surface area contributed by atoms with E-state index in [0.717, 1.165) is 23.4 Å². The van der Waals surface area contributed by atoms with Crippen LogP contribution in [0.3, 0.4) is 0 Å². The van der Waals surface area contributed by atoms with Gasteiger partial charge in [-0.1, -0.05) is 30.3 Å². The monoisotopic (exact) mass is 416 g/mol. The second-order valence-corrected chi connectivity index (χ2v) is 8.53. The van der Waals surface area contributed by atoms with Gasteiger partial charge >= 0.3 is 0 Å². The predicted octanol–water partition coefficient (Wildman–Crippen LogP) is 5.70. The zero-order chi connectivity index (χ0) is 21.1. The van der Waals surface area contributed by atoms with Gasteiger partial charge in [0.1, 0.15) is 0 Å². The van der Waals surface area contributed by atoms with Crippen molar-refractivity contribution in [1.82, 2.24) is 0 Å². The van der Waals surface area contributed by atoms with E-state index in [1.54, 1.807) is 30.3 Å². The number of carbonyl (C=O) groups is 2. The summed E-state index contributed by atoms with van der Waals surface area (Å²) >= 11 is 1.82. The molecule has 0 bridgehead atoms. The first-order valence-electron chi connectivity index (χ1n) is 10.1. The number of thioether (sulfide) groups is 1. The zero-order valence-electron chi connectivity index (χ0n) is 17.1. The van der Waals surface area contributed by atoms with Crippen molar-refractivity contribution in [1.29, 1.82) is 0 Å². The average molecular weight is 417 g/mol. The molecule has 5 heteroatoms. The van der Waals surface area contributed by atoms with Crippen LogP contribution < -0.4 is 10.2 Å². The molecule has 4 nitrogen and oxygen atoms in total. The highest BCUT2D eigenvalue weighted by atomic mass is 32.2. The average Bonchev–Trinajstić information content (AvgIpc) is 2.98. The Balaban J connectivity index is 1.53. The fourth-order valence-corrected chi connectivity index (χ4v) is 4.74. The molecule has 0 spiro atoms. The van der Waals surface area contributed by atoms with E-state index in [9.17, 15) is 9.59 Å². The zero-order valence-corrected chi connectivity index (χ0v) is 18.0. The summed E-state index contributed by atoms with van der Waals surface area (Å²) in [6.45, 7) is 4.70. The lowest BCUT2D eigenvalue weighted by atomic mass is 10.1. The van der Waals surface area contributed by atoms with Crippen LogP contribution in [0.4, 0.5) is 11.4 Å². The lowest BCUT2D eigenvalue weighted by Gasteiger charge is -2.23. The van der Waals surface area contributed by atoms with Crippen LogP contribution in [0.25, 0.3) is 0 Å². The molecule has 3 aromatic rings. The van der Waals surface area contributed by atoms with Gasteiger partial charge in [-0.05, 0) is 73.5 Å². The number of nitrogens with zero attached hydrogens (tertiary/aromatic N) is 1. The maximum Gasteiger partial charge on any atom is 0.258 e. The van der Waals surface area contributed by atoms with Gasteiger partial charge in [-0.15, -0.1) is 11.8 Å². The fourth-order valence-electron chi connectivity index (χ4n) is 3.64. The van der Waals surface area contributed by atoms with Crippen LogP contribution in [0.1, 0.15) is 38.3 Å². The third-order valence-electron chi connectivity index (χ3n) is 5.28. The number of hydrogen-bond acceptors (Lipinski definition) is 3. The third kappa shape index (κ3) is 4.12. The first-order chi connectivity index (χ1) is 14.5. The molecule has 152 valence electrons. The second-order valence-electron chi connectivity index (χ2n) is 7.43. The van der Waals surface area contributed by atoms with Crippen LogP contribution in [0.2, 0.25) is 0 Å². The van der Waals surface area contributed by atoms with Crippen molar-refractivity contribution in [2.75, 3.05) is 22.5 Å². The van der Waals surface area contributed by atoms with Gasteiger partial charge in [0.15, 0.2) is 0 Å². The SMILES string of the molecule is Cc1ccccc1C(=O)Nc1ccc(C(=O)N2CCCSc3c(C)cccc32)cc1. The molecule has 0 aromatic heterocycles. The molecule has 1 N–H and O–H groups in total. The summed E-state index contributed by atoms with van der Waals surface area (Å²) in [6.07, 6.45) is 0.953. The highest BCUT2D eigenvalue weighted by molar-refractivity contribution is 7.99. The number of hydrogen-bond donors (Lipinski definition) is 1. The van der Waals surface area contributed by atoms with Crippen molar-refractivity contribution in [3.63, 3.8) is 0 Å². The van der Waals surface area contributed by atoms with Crippen molar-refractivity contribution in [2.24, 2.45) is 0 Å². The highest BCUT2D eigenvalue weighted by Gasteiger charge is 2.23. The van der Waals surface area contributed by atoms with Gasteiger partial charge in [0, 0.05) is 28.3 Å². The van der Waals surface area contributed by atoms with Crippen molar-refractivity contribution in [2.45, 2.75) is 25.2 Å². The van der Waals surface area contributed by atoms with Crippen LogP contribution >= 0.6 is 11.8 Å². The normalized spacial score (nSPS) is 13.3. The van der Waals surface area contributed by atoms with Crippen molar-refractivity contribution in [3.8, 4) is 0 Å². The van der Waals surface area contributed by atoms with Gasteiger partial charge in [0.05, 0.1) is 5.69 Å². The Bertz CT molecular complexity index is 1090. The second kappa shape index (κ2) is 8.76. The number of aryl methyl sites for hydroxylation is 2. The molecule has 0 saturated carbocycles. The van der Waals surface area contributed by atoms with E-state index in [4.69, 9.17) is 0 Å². The highest BCUT2D eigenvalue weighted by Crippen LogP contribution is 2.37. The standard InChI is InChI=1S/C25H24N2O2S/c1-17-7-3-4-9-21(17)24(28)26-20-13-11-19(12-14-20)25(29)27-15-6-16-30-23-18(2)8-5-10-22(23)27/h3-5,7-14H,6,15-16H2,1-2H3,(H,26,28). The Labute approximate surface area is 181 Å². The molecule has 1 aliphatic rings. The number of amides is 2. The summed E-state index contributed by atoms with van der Waals surface area (Å²) in [6, 6.07) is 20.7. The Morgan fingerprint density at radius 2 is 1.63 bits per heavy atom. The molecule has 2 amide bonds. The van der Waals surface area contributed by atoms with Crippen LogP contribution in [-0.2, 0) is 0 Å². The predicted molar refractivity (Wildman–Crippen MR) is 124 cm³/mol. The molecular weight excluding hydrogens is 392 g/mol. The number of nitrogens with one attached hydrogen (secondary N) is 1. The fraction of sp³-hybridized carbons (Fsp3) is 0.200. The molecular formula is C25H24N2O2S. The van der Waals surface area contributed by atoms with Gasteiger partial charge < -0.3 is 10.2 Å². The maximum atomic E-state index is 13.3. The Morgan fingerprint density at radius 1 is 0.900 bits per heavy atom. The van der Waals surface area contributed by atoms with Gasteiger partial charge in [0.25, 0.3) is 11.8 Å². The van der Waals surface area contributed by atoms with Gasteiger partial charge in [-0.25, -0.2) is 0 Å². The minimum atomic E-state index is -0.152. The lowest BCUT2D eigenvalue weighted by molar-refractivity contribution is 0.0985. The molecule has 30 heavy (non-hydrogen) atoms. The smallest absolute Gasteiger partial charge is 0.258 e. The molecule has 3 aromatic carbocycles. The van der Waals surface area contributed by atoms with E-state index in [0.29, 0.717) is 23.4 Å². The van der Waals surface area contributed by atoms with E-state index >= 15 is 0 Å². The topological polar surface area (TPSA) is 49.4 Å². The van der Waals surface area contributed by atoms with Crippen LogP contribution in [-0.4, -0.2) is 24.1 Å². The Kier molecular flexibility index (Phi) is 5.91. The van der Waals surface area contributed by atoms with Gasteiger partial charge in [-0.3, -0.25) is 9.59 Å². The molecule has 0 saturated heterocycles. The molecule has 0 atom stereocenters. The summed E-state index contributed by atoms with van der Waals surface area (Å²) < 4.78 is 0. The maximum absolute atomic E-state index is 13.3. The minimum Gasteiger partial charge on any atom is -0.322 e. The first-order valence-corrected chi connectivity index (χ1v) is 11.0. The quantitative estimate of drug-likeness (QED) is 0.596. The molecule has 0 aliphatic carbocycles. The minimum absolute atomic E-state index is 0.0128. The van der Waals surface area contributed by atoms with Crippen LogP contribution in [0, 0.1) is 13.8 Å². The lowest BCUT2D eigenvalue weighted by Crippen LogP contribution is -2.31. The van der Waals surface area contributed by atoms with E-state index in [1.165, 1.54) is 10.5 Å². The molecule has 4 rings (SSSR count). The number of anilines is 2. The molecule has 1 heterocycles. The number of benzene rings is 3. The summed E-state index contributed by atoms with van der Waals surface area (Å²) in [4.78, 5) is 28.8. The first kappa shape index (κ1) is 20.2. The number of carbonyl (C=O) groups excluding carboxylic acids is 2. The van der Waals surface area contributed by atoms with Crippen LogP contribution in [0.15, 0.2) is 71.6 Å². The van der Waals surface area contributed by atoms with E-state index < -0.39 is 0 Å². The van der Waals surface area contributed by atoms with Crippen molar-refractivity contribution < 1.29 is 9.59 Å². The van der Waals surface area contributed by atoms with Gasteiger partial charge in [-0.2, -0.15) is 0 Å². The molecule has 0 unspecified atom stereocenters. The van der Waals surface area contributed by atoms with E-state index in [2.05, 4.69) is 18.3 Å². The van der Waals surface area contributed by atoms with E-state index in [1.807, 2.05) is 53.9 Å². The largest absolute Gasteiger partial charge is 0.322 e.